The average molecular weight is 236 g/mol. The SMILES string of the molecule is c1ccc([C@]23O[C@H]4[C@@H]5[C@H]6[C@@H]7C[C@H]([C@H]6[C@H]52)[C@H]3[C@H]74)cc1. The summed E-state index contributed by atoms with van der Waals surface area (Å²) in [5.41, 5.74) is 1.70. The van der Waals surface area contributed by atoms with Gasteiger partial charge in [-0.05, 0) is 47.5 Å². The molecule has 0 aromatic heterocycles. The molecule has 0 spiro atoms. The minimum atomic E-state index is 0.179. The molecule has 8 rings (SSSR count). The Hall–Kier alpha value is -0.820. The van der Waals surface area contributed by atoms with Crippen LogP contribution < -0.4 is 0 Å². The highest BCUT2D eigenvalue weighted by atomic mass is 16.5. The molecule has 5 aliphatic carbocycles. The molecule has 2 aliphatic heterocycles. The van der Waals surface area contributed by atoms with Gasteiger partial charge in [-0.1, -0.05) is 30.3 Å². The lowest BCUT2D eigenvalue weighted by atomic mass is 9.56. The molecule has 0 unspecified atom stereocenters. The van der Waals surface area contributed by atoms with Gasteiger partial charge in [-0.25, -0.2) is 0 Å². The Labute approximate surface area is 107 Å². The standard InChI is InChI=1S/C17H16O/c1-2-4-7(5-3-1)17-14-9-6-8-10-11(9)15(17)13(10)16(18-17)12(8)14/h1-5,8-16H,6H2/t8-,9+,10-,11+,12-,13+,14-,15+,16+,17+/m0/s1. The van der Waals surface area contributed by atoms with E-state index in [-0.39, 0.29) is 5.60 Å². The second-order valence-electron chi connectivity index (χ2n) is 7.67. The molecule has 2 saturated heterocycles. The van der Waals surface area contributed by atoms with E-state index in [0.29, 0.717) is 6.10 Å². The molecule has 0 radical (unpaired) electrons. The summed E-state index contributed by atoms with van der Waals surface area (Å²) in [4.78, 5) is 0. The molecule has 1 aromatic carbocycles. The van der Waals surface area contributed by atoms with E-state index in [2.05, 4.69) is 30.3 Å². The zero-order chi connectivity index (χ0) is 11.2. The molecular formula is C17H16O. The Morgan fingerprint density at radius 1 is 0.889 bits per heavy atom. The van der Waals surface area contributed by atoms with Crippen LogP contribution in [0.4, 0.5) is 0 Å². The van der Waals surface area contributed by atoms with Crippen molar-refractivity contribution in [2.24, 2.45) is 47.3 Å². The molecule has 1 heteroatoms. The molecule has 7 aliphatic rings. The third-order valence-electron chi connectivity index (χ3n) is 7.93. The van der Waals surface area contributed by atoms with E-state index in [1.165, 1.54) is 5.56 Å². The van der Waals surface area contributed by atoms with Crippen LogP contribution in [0.5, 0.6) is 0 Å². The van der Waals surface area contributed by atoms with Gasteiger partial charge >= 0.3 is 0 Å². The van der Waals surface area contributed by atoms with Crippen LogP contribution in [-0.2, 0) is 10.3 Å². The first kappa shape index (κ1) is 8.37. The van der Waals surface area contributed by atoms with Gasteiger partial charge in [0.15, 0.2) is 0 Å². The summed E-state index contributed by atoms with van der Waals surface area (Å²) in [6, 6.07) is 11.2. The first-order chi connectivity index (χ1) is 8.93. The smallest absolute Gasteiger partial charge is 0.100 e. The summed E-state index contributed by atoms with van der Waals surface area (Å²) in [6.45, 7) is 0. The minimum absolute atomic E-state index is 0.179. The molecule has 0 N–H and O–H groups in total. The molecule has 5 saturated carbocycles. The Bertz CT molecular complexity index is 585. The van der Waals surface area contributed by atoms with Crippen molar-refractivity contribution in [3.05, 3.63) is 35.9 Å². The van der Waals surface area contributed by atoms with Gasteiger partial charge < -0.3 is 4.74 Å². The maximum absolute atomic E-state index is 6.74. The lowest BCUT2D eigenvalue weighted by molar-refractivity contribution is -0.0356. The molecular weight excluding hydrogens is 220 g/mol. The molecule has 10 atom stereocenters. The van der Waals surface area contributed by atoms with Crippen LogP contribution in [0.2, 0.25) is 0 Å². The fourth-order valence-corrected chi connectivity index (χ4v) is 8.17. The van der Waals surface area contributed by atoms with Crippen molar-refractivity contribution in [2.45, 2.75) is 18.1 Å². The first-order valence-electron chi connectivity index (χ1n) is 7.66. The van der Waals surface area contributed by atoms with Crippen molar-refractivity contribution >= 4 is 0 Å². The van der Waals surface area contributed by atoms with Crippen LogP contribution in [0.15, 0.2) is 30.3 Å². The van der Waals surface area contributed by atoms with Crippen LogP contribution in [0.25, 0.3) is 0 Å². The molecule has 7 fully saturated rings. The van der Waals surface area contributed by atoms with Gasteiger partial charge in [-0.3, -0.25) is 0 Å². The summed E-state index contributed by atoms with van der Waals surface area (Å²) in [6.07, 6.45) is 2.23. The van der Waals surface area contributed by atoms with Gasteiger partial charge in [-0.2, -0.15) is 0 Å². The Morgan fingerprint density at radius 3 is 2.67 bits per heavy atom. The van der Waals surface area contributed by atoms with Crippen LogP contribution in [0.3, 0.4) is 0 Å². The van der Waals surface area contributed by atoms with Gasteiger partial charge in [0.05, 0.1) is 6.10 Å². The summed E-state index contributed by atoms with van der Waals surface area (Å²) in [7, 11) is 0. The molecule has 0 amide bonds. The highest BCUT2D eigenvalue weighted by Crippen LogP contribution is 2.92. The Kier molecular flexibility index (Phi) is 0.975. The number of hydrogen-bond donors (Lipinski definition) is 0. The maximum atomic E-state index is 6.74. The lowest BCUT2D eigenvalue weighted by Crippen LogP contribution is -2.47. The maximum Gasteiger partial charge on any atom is 0.100 e. The molecule has 90 valence electrons. The lowest BCUT2D eigenvalue weighted by Gasteiger charge is -2.46. The highest BCUT2D eigenvalue weighted by molar-refractivity contribution is 5.44. The molecule has 1 nitrogen and oxygen atoms in total. The minimum Gasteiger partial charge on any atom is -0.366 e. The van der Waals surface area contributed by atoms with Crippen LogP contribution in [0.1, 0.15) is 12.0 Å². The highest BCUT2D eigenvalue weighted by Gasteiger charge is 2.92. The molecule has 4 bridgehead atoms. The van der Waals surface area contributed by atoms with E-state index in [1.807, 2.05) is 0 Å². The number of rotatable bonds is 1. The topological polar surface area (TPSA) is 9.23 Å². The number of ether oxygens (including phenoxy) is 1. The largest absolute Gasteiger partial charge is 0.366 e. The predicted molar refractivity (Wildman–Crippen MR) is 65.5 cm³/mol. The Morgan fingerprint density at radius 2 is 1.78 bits per heavy atom. The fraction of sp³-hybridized carbons (Fsp3) is 0.647. The van der Waals surface area contributed by atoms with Crippen molar-refractivity contribution in [3.8, 4) is 0 Å². The predicted octanol–water partition coefficient (Wildman–Crippen LogP) is 2.67. The quantitative estimate of drug-likeness (QED) is 0.728. The van der Waals surface area contributed by atoms with Gasteiger partial charge in [-0.15, -0.1) is 0 Å². The van der Waals surface area contributed by atoms with E-state index in [4.69, 9.17) is 4.74 Å². The van der Waals surface area contributed by atoms with Crippen LogP contribution in [0, 0.1) is 47.3 Å². The summed E-state index contributed by atoms with van der Waals surface area (Å²) < 4.78 is 6.74. The van der Waals surface area contributed by atoms with Crippen LogP contribution >= 0.6 is 0 Å². The van der Waals surface area contributed by atoms with Gasteiger partial charge in [0.2, 0.25) is 0 Å². The number of hydrogen-bond acceptors (Lipinski definition) is 1. The third-order valence-corrected chi connectivity index (χ3v) is 7.93. The van der Waals surface area contributed by atoms with Crippen molar-refractivity contribution in [1.82, 2.24) is 0 Å². The third kappa shape index (κ3) is 0.499. The second kappa shape index (κ2) is 2.10. The Balaban J connectivity index is 1.58. The van der Waals surface area contributed by atoms with Crippen molar-refractivity contribution in [2.75, 3.05) is 0 Å². The van der Waals surface area contributed by atoms with E-state index >= 15 is 0 Å². The normalized spacial score (nSPS) is 70.6. The summed E-state index contributed by atoms with van der Waals surface area (Å²) in [5.74, 6) is 8.01. The van der Waals surface area contributed by atoms with Gasteiger partial charge in [0, 0.05) is 11.8 Å². The monoisotopic (exact) mass is 236 g/mol. The first-order valence-corrected chi connectivity index (χ1v) is 7.66. The van der Waals surface area contributed by atoms with Crippen LogP contribution in [-0.4, -0.2) is 6.10 Å². The molecule has 1 aromatic rings. The average Bonchev–Trinajstić information content (AvgIpc) is 3.01. The second-order valence-corrected chi connectivity index (χ2v) is 7.67. The zero-order valence-corrected chi connectivity index (χ0v) is 10.2. The van der Waals surface area contributed by atoms with Gasteiger partial charge in [0.1, 0.15) is 5.60 Å². The zero-order valence-electron chi connectivity index (χ0n) is 10.2. The van der Waals surface area contributed by atoms with Crippen molar-refractivity contribution in [1.29, 1.82) is 0 Å². The molecule has 18 heavy (non-hydrogen) atoms. The summed E-state index contributed by atoms with van der Waals surface area (Å²) >= 11 is 0. The van der Waals surface area contributed by atoms with Crippen molar-refractivity contribution in [3.63, 3.8) is 0 Å². The number of benzene rings is 1. The van der Waals surface area contributed by atoms with E-state index in [1.54, 1.807) is 6.42 Å². The van der Waals surface area contributed by atoms with E-state index < -0.39 is 0 Å². The van der Waals surface area contributed by atoms with E-state index in [9.17, 15) is 0 Å². The van der Waals surface area contributed by atoms with Crippen molar-refractivity contribution < 1.29 is 4.74 Å². The van der Waals surface area contributed by atoms with E-state index in [0.717, 1.165) is 47.3 Å². The molecule has 2 heterocycles. The summed E-state index contributed by atoms with van der Waals surface area (Å²) in [5, 5.41) is 0. The van der Waals surface area contributed by atoms with Gasteiger partial charge in [0.25, 0.3) is 0 Å². The fourth-order valence-electron chi connectivity index (χ4n) is 8.17.